The molecule has 1 aromatic carbocycles. The Labute approximate surface area is 101 Å². The van der Waals surface area contributed by atoms with Gasteiger partial charge in [0.1, 0.15) is 5.75 Å². The molecule has 0 saturated heterocycles. The van der Waals surface area contributed by atoms with E-state index in [0.29, 0.717) is 17.0 Å². The van der Waals surface area contributed by atoms with Crippen LogP contribution in [0.3, 0.4) is 0 Å². The summed E-state index contributed by atoms with van der Waals surface area (Å²) in [6.07, 6.45) is 0.447. The van der Waals surface area contributed by atoms with Crippen LogP contribution in [0.25, 0.3) is 0 Å². The van der Waals surface area contributed by atoms with Gasteiger partial charge in [-0.1, -0.05) is 18.5 Å². The van der Waals surface area contributed by atoms with Crippen molar-refractivity contribution < 1.29 is 25.8 Å². The van der Waals surface area contributed by atoms with Crippen LogP contribution in [0.4, 0.5) is 13.2 Å². The smallest absolute Gasteiger partial charge is 0.376 e. The summed E-state index contributed by atoms with van der Waals surface area (Å²) in [5, 5.41) is 0.337. The topological polar surface area (TPSA) is 43.4 Å². The summed E-state index contributed by atoms with van der Waals surface area (Å²) in [6.45, 7) is 1.73. The average Bonchev–Trinajstić information content (AvgIpc) is 2.19. The predicted molar refractivity (Wildman–Crippen MR) is 56.4 cm³/mol. The molecule has 3 nitrogen and oxygen atoms in total. The Morgan fingerprint density at radius 3 is 2.41 bits per heavy atom. The van der Waals surface area contributed by atoms with Gasteiger partial charge >= 0.3 is 15.6 Å². The molecule has 0 spiro atoms. The maximum absolute atomic E-state index is 12.0. The fourth-order valence-corrected chi connectivity index (χ4v) is 1.75. The van der Waals surface area contributed by atoms with Crippen LogP contribution in [-0.4, -0.2) is 13.9 Å². The van der Waals surface area contributed by atoms with Crippen LogP contribution in [0.5, 0.6) is 5.75 Å². The largest absolute Gasteiger partial charge is 0.534 e. The van der Waals surface area contributed by atoms with E-state index in [4.69, 9.17) is 11.6 Å². The van der Waals surface area contributed by atoms with E-state index in [-0.39, 0.29) is 0 Å². The van der Waals surface area contributed by atoms with E-state index in [2.05, 4.69) is 4.18 Å². The molecule has 17 heavy (non-hydrogen) atoms. The van der Waals surface area contributed by atoms with Crippen LogP contribution in [0.2, 0.25) is 5.02 Å². The zero-order valence-electron chi connectivity index (χ0n) is 8.58. The summed E-state index contributed by atoms with van der Waals surface area (Å²) in [5.41, 5.74) is -4.94. The summed E-state index contributed by atoms with van der Waals surface area (Å²) in [6, 6.07) is 3.50. The third-order valence-electron chi connectivity index (χ3n) is 1.89. The van der Waals surface area contributed by atoms with E-state index >= 15 is 0 Å². The summed E-state index contributed by atoms with van der Waals surface area (Å²) < 4.78 is 61.5. The molecule has 0 fully saturated rings. The van der Waals surface area contributed by atoms with Gasteiger partial charge in [-0.05, 0) is 30.2 Å². The van der Waals surface area contributed by atoms with E-state index in [1.807, 2.05) is 0 Å². The SMILES string of the molecule is CCc1cc(OS(=O)(=O)C(F)(F)F)ccc1Cl. The molecule has 0 amide bonds. The highest BCUT2D eigenvalue weighted by Crippen LogP contribution is 2.29. The molecule has 1 rings (SSSR count). The van der Waals surface area contributed by atoms with Gasteiger partial charge in [-0.3, -0.25) is 0 Å². The minimum absolute atomic E-state index is 0.337. The maximum Gasteiger partial charge on any atom is 0.534 e. The highest BCUT2D eigenvalue weighted by molar-refractivity contribution is 7.87. The van der Waals surface area contributed by atoms with Crippen LogP contribution in [0, 0.1) is 0 Å². The number of aryl methyl sites for hydroxylation is 1. The zero-order valence-corrected chi connectivity index (χ0v) is 10.2. The van der Waals surface area contributed by atoms with E-state index in [0.717, 1.165) is 12.1 Å². The van der Waals surface area contributed by atoms with Crippen molar-refractivity contribution in [2.75, 3.05) is 0 Å². The van der Waals surface area contributed by atoms with Gasteiger partial charge in [0.15, 0.2) is 0 Å². The zero-order chi connectivity index (χ0) is 13.3. The fourth-order valence-electron chi connectivity index (χ4n) is 1.05. The van der Waals surface area contributed by atoms with Crippen LogP contribution in [0.15, 0.2) is 18.2 Å². The fraction of sp³-hybridized carbons (Fsp3) is 0.333. The maximum atomic E-state index is 12.0. The van der Waals surface area contributed by atoms with Crippen molar-refractivity contribution in [1.82, 2.24) is 0 Å². The molecule has 0 unspecified atom stereocenters. The number of rotatable bonds is 3. The van der Waals surface area contributed by atoms with Crippen molar-refractivity contribution in [3.8, 4) is 5.75 Å². The number of hydrogen-bond donors (Lipinski definition) is 0. The molecule has 0 radical (unpaired) electrons. The minimum atomic E-state index is -5.63. The Kier molecular flexibility index (Phi) is 3.93. The lowest BCUT2D eigenvalue weighted by atomic mass is 10.2. The first-order valence-electron chi connectivity index (χ1n) is 4.46. The molecule has 96 valence electrons. The second-order valence-corrected chi connectivity index (χ2v) is 5.03. The van der Waals surface area contributed by atoms with Gasteiger partial charge in [0, 0.05) is 5.02 Å². The average molecular weight is 289 g/mol. The Bertz CT molecular complexity index is 511. The summed E-state index contributed by atoms with van der Waals surface area (Å²) in [5.74, 6) is -0.413. The third-order valence-corrected chi connectivity index (χ3v) is 3.24. The van der Waals surface area contributed by atoms with Crippen molar-refractivity contribution in [1.29, 1.82) is 0 Å². The van der Waals surface area contributed by atoms with E-state index < -0.39 is 21.4 Å². The molecule has 0 atom stereocenters. The molecule has 8 heteroatoms. The number of hydrogen-bond acceptors (Lipinski definition) is 3. The molecule has 0 heterocycles. The van der Waals surface area contributed by atoms with E-state index in [1.165, 1.54) is 6.07 Å². The number of benzene rings is 1. The van der Waals surface area contributed by atoms with Gasteiger partial charge in [-0.2, -0.15) is 21.6 Å². The molecule has 0 N–H and O–H groups in total. The van der Waals surface area contributed by atoms with Gasteiger partial charge in [0.25, 0.3) is 0 Å². The van der Waals surface area contributed by atoms with E-state index in [1.54, 1.807) is 6.92 Å². The van der Waals surface area contributed by atoms with Crippen molar-refractivity contribution in [2.45, 2.75) is 18.9 Å². The van der Waals surface area contributed by atoms with Crippen LogP contribution >= 0.6 is 11.6 Å². The molecular weight excluding hydrogens is 281 g/mol. The number of alkyl halides is 3. The summed E-state index contributed by atoms with van der Waals surface area (Å²) in [4.78, 5) is 0. The molecule has 0 aliphatic carbocycles. The first-order valence-corrected chi connectivity index (χ1v) is 6.25. The molecule has 0 aliphatic heterocycles. The third kappa shape index (κ3) is 3.26. The Morgan fingerprint density at radius 2 is 1.94 bits per heavy atom. The molecule has 1 aromatic rings. The Hall–Kier alpha value is -0.950. The van der Waals surface area contributed by atoms with Crippen LogP contribution in [0.1, 0.15) is 12.5 Å². The molecule has 0 aromatic heterocycles. The lowest BCUT2D eigenvalue weighted by Gasteiger charge is -2.10. The quantitative estimate of drug-likeness (QED) is 0.634. The van der Waals surface area contributed by atoms with Crippen molar-refractivity contribution in [3.05, 3.63) is 28.8 Å². The van der Waals surface area contributed by atoms with Crippen LogP contribution < -0.4 is 4.18 Å². The van der Waals surface area contributed by atoms with Crippen LogP contribution in [-0.2, 0) is 16.5 Å². The Morgan fingerprint density at radius 1 is 1.35 bits per heavy atom. The number of halogens is 4. The normalized spacial score (nSPS) is 12.5. The molecule has 0 saturated carbocycles. The first kappa shape index (κ1) is 14.1. The highest BCUT2D eigenvalue weighted by atomic mass is 35.5. The Balaban J connectivity index is 3.05. The van der Waals surface area contributed by atoms with Gasteiger partial charge in [-0.15, -0.1) is 0 Å². The lowest BCUT2D eigenvalue weighted by Crippen LogP contribution is -2.28. The van der Waals surface area contributed by atoms with Crippen molar-refractivity contribution in [2.24, 2.45) is 0 Å². The molecular formula is C9H8ClF3O3S. The lowest BCUT2D eigenvalue weighted by molar-refractivity contribution is -0.0500. The summed E-state index contributed by atoms with van der Waals surface area (Å²) >= 11 is 5.73. The summed E-state index contributed by atoms with van der Waals surface area (Å²) in [7, 11) is -5.63. The van der Waals surface area contributed by atoms with Crippen molar-refractivity contribution >= 4 is 21.7 Å². The molecule has 0 aliphatic rings. The van der Waals surface area contributed by atoms with Gasteiger partial charge < -0.3 is 4.18 Å². The monoisotopic (exact) mass is 288 g/mol. The van der Waals surface area contributed by atoms with Crippen molar-refractivity contribution in [3.63, 3.8) is 0 Å². The van der Waals surface area contributed by atoms with E-state index in [9.17, 15) is 21.6 Å². The second kappa shape index (κ2) is 4.73. The molecule has 0 bridgehead atoms. The first-order chi connectivity index (χ1) is 7.67. The predicted octanol–water partition coefficient (Wildman–Crippen LogP) is 3.13. The van der Waals surface area contributed by atoms with Gasteiger partial charge in [0.2, 0.25) is 0 Å². The second-order valence-electron chi connectivity index (χ2n) is 3.09. The minimum Gasteiger partial charge on any atom is -0.376 e. The standard InChI is InChI=1S/C9H8ClF3O3S/c1-2-6-5-7(3-4-8(6)10)16-17(14,15)9(11,12)13/h3-5H,2H2,1H3. The van der Waals surface area contributed by atoms with Gasteiger partial charge in [-0.25, -0.2) is 0 Å². The van der Waals surface area contributed by atoms with Gasteiger partial charge in [0.05, 0.1) is 0 Å². The highest BCUT2D eigenvalue weighted by Gasteiger charge is 2.48.